The van der Waals surface area contributed by atoms with E-state index >= 15 is 0 Å². The number of hydrogen-bond acceptors (Lipinski definition) is 2. The average Bonchev–Trinajstić information content (AvgIpc) is 3.38. The molecule has 0 spiro atoms. The Kier molecular flexibility index (Phi) is 15.4. The lowest BCUT2D eigenvalue weighted by Gasteiger charge is -2.12. The lowest BCUT2D eigenvalue weighted by Crippen LogP contribution is -1.96. The summed E-state index contributed by atoms with van der Waals surface area (Å²) in [5, 5.41) is 4.21. The maximum Gasteiger partial charge on any atom is 0.0435 e. The lowest BCUT2D eigenvalue weighted by atomic mass is 9.94. The molecule has 2 heteroatoms. The summed E-state index contributed by atoms with van der Waals surface area (Å²) in [6.07, 6.45) is 28.7. The molecule has 1 heterocycles. The van der Waals surface area contributed by atoms with E-state index in [9.17, 15) is 0 Å². The number of aryl methyl sites for hydroxylation is 1. The van der Waals surface area contributed by atoms with Gasteiger partial charge in [-0.1, -0.05) is 133 Å². The van der Waals surface area contributed by atoms with Crippen LogP contribution in [0.25, 0.3) is 20.9 Å². The summed E-state index contributed by atoms with van der Waals surface area (Å²) in [4.78, 5) is 2.93. The monoisotopic (exact) mass is 614 g/mol. The van der Waals surface area contributed by atoms with Gasteiger partial charge in [0.2, 0.25) is 0 Å². The molecule has 234 valence electrons. The minimum Gasteiger partial charge on any atom is -0.138 e. The van der Waals surface area contributed by atoms with Crippen LogP contribution in [-0.2, 0) is 12.8 Å². The van der Waals surface area contributed by atoms with E-state index in [1.165, 1.54) is 105 Å². The first-order valence-electron chi connectivity index (χ1n) is 17.0. The van der Waals surface area contributed by atoms with Crippen LogP contribution in [0.15, 0.2) is 82.8 Å². The van der Waals surface area contributed by atoms with Crippen molar-refractivity contribution in [1.29, 1.82) is 0 Å². The van der Waals surface area contributed by atoms with E-state index in [0.29, 0.717) is 0 Å². The van der Waals surface area contributed by atoms with Crippen molar-refractivity contribution in [3.05, 3.63) is 88.4 Å². The van der Waals surface area contributed by atoms with E-state index in [0.717, 1.165) is 24.2 Å². The zero-order chi connectivity index (χ0) is 31.2. The van der Waals surface area contributed by atoms with E-state index in [-0.39, 0.29) is 0 Å². The SMILES string of the molecule is C\C=C(/C=C\C(\C=C/Cc1sc2c(ccc3ccc(CCC(C)CC)cc32)c1SC)=C\C)CCC(C)CCCCC(C)C. The third kappa shape index (κ3) is 11.1. The molecule has 0 aliphatic carbocycles. The number of rotatable bonds is 18. The Bertz CT molecular complexity index is 1390. The van der Waals surface area contributed by atoms with Gasteiger partial charge >= 0.3 is 0 Å². The van der Waals surface area contributed by atoms with Crippen LogP contribution in [0.5, 0.6) is 0 Å². The second-order valence-corrected chi connectivity index (χ2v) is 14.9. The summed E-state index contributed by atoms with van der Waals surface area (Å²) in [6, 6.07) is 11.8. The van der Waals surface area contributed by atoms with Crippen LogP contribution in [0.2, 0.25) is 0 Å². The third-order valence-corrected chi connectivity index (χ3v) is 11.3. The zero-order valence-corrected chi connectivity index (χ0v) is 30.1. The van der Waals surface area contributed by atoms with Gasteiger partial charge in [-0.2, -0.15) is 0 Å². The molecule has 0 aliphatic rings. The normalized spacial score (nSPS) is 14.7. The highest BCUT2D eigenvalue weighted by atomic mass is 32.2. The van der Waals surface area contributed by atoms with Crippen molar-refractivity contribution in [3.63, 3.8) is 0 Å². The van der Waals surface area contributed by atoms with Crippen LogP contribution in [0.1, 0.15) is 110 Å². The molecule has 0 radical (unpaired) electrons. The highest BCUT2D eigenvalue weighted by molar-refractivity contribution is 7.99. The fourth-order valence-corrected chi connectivity index (χ4v) is 8.09. The second-order valence-electron chi connectivity index (χ2n) is 13.0. The number of allylic oxidation sites excluding steroid dienone is 8. The number of unbranched alkanes of at least 4 members (excludes halogenated alkanes) is 1. The smallest absolute Gasteiger partial charge is 0.0435 e. The van der Waals surface area contributed by atoms with E-state index < -0.39 is 0 Å². The third-order valence-electron chi connectivity index (χ3n) is 9.05. The Morgan fingerprint density at radius 2 is 1.60 bits per heavy atom. The molecule has 0 aliphatic heterocycles. The number of hydrogen-bond donors (Lipinski definition) is 0. The molecular formula is C41H58S2. The maximum atomic E-state index is 2.47. The number of thiophene rings is 1. The first-order valence-corrected chi connectivity index (χ1v) is 19.0. The van der Waals surface area contributed by atoms with Crippen molar-refractivity contribution < 1.29 is 0 Å². The van der Waals surface area contributed by atoms with E-state index in [1.807, 2.05) is 23.1 Å². The maximum absolute atomic E-state index is 2.47. The quantitative estimate of drug-likeness (QED) is 0.0780. The molecule has 0 bridgehead atoms. The summed E-state index contributed by atoms with van der Waals surface area (Å²) in [5.41, 5.74) is 4.21. The first kappa shape index (κ1) is 35.4. The first-order chi connectivity index (χ1) is 20.8. The van der Waals surface area contributed by atoms with Crippen LogP contribution in [0, 0.1) is 17.8 Å². The molecule has 0 N–H and O–H groups in total. The Morgan fingerprint density at radius 3 is 2.30 bits per heavy atom. The van der Waals surface area contributed by atoms with Gasteiger partial charge in [-0.05, 0) is 91.5 Å². The van der Waals surface area contributed by atoms with Crippen LogP contribution in [-0.4, -0.2) is 6.26 Å². The van der Waals surface area contributed by atoms with Gasteiger partial charge in [-0.15, -0.1) is 23.1 Å². The Hall–Kier alpha value is -2.03. The fourth-order valence-electron chi connectivity index (χ4n) is 5.76. The molecule has 1 aromatic heterocycles. The Morgan fingerprint density at radius 1 is 0.837 bits per heavy atom. The van der Waals surface area contributed by atoms with Crippen molar-refractivity contribution in [2.45, 2.75) is 118 Å². The highest BCUT2D eigenvalue weighted by Gasteiger charge is 2.14. The number of thioether (sulfide) groups is 1. The predicted molar refractivity (Wildman–Crippen MR) is 200 cm³/mol. The molecule has 0 fully saturated rings. The van der Waals surface area contributed by atoms with Crippen LogP contribution in [0.4, 0.5) is 0 Å². The minimum absolute atomic E-state index is 0.786. The van der Waals surface area contributed by atoms with E-state index in [2.05, 4.69) is 122 Å². The van der Waals surface area contributed by atoms with Gasteiger partial charge in [0.15, 0.2) is 0 Å². The highest BCUT2D eigenvalue weighted by Crippen LogP contribution is 2.41. The molecule has 43 heavy (non-hydrogen) atoms. The van der Waals surface area contributed by atoms with Gasteiger partial charge in [0, 0.05) is 26.3 Å². The summed E-state index contributed by atoms with van der Waals surface area (Å²) in [7, 11) is 0. The van der Waals surface area contributed by atoms with Crippen molar-refractivity contribution in [1.82, 2.24) is 0 Å². The van der Waals surface area contributed by atoms with Gasteiger partial charge in [-0.3, -0.25) is 0 Å². The van der Waals surface area contributed by atoms with Gasteiger partial charge in [-0.25, -0.2) is 0 Å². The zero-order valence-electron chi connectivity index (χ0n) is 28.5. The van der Waals surface area contributed by atoms with Gasteiger partial charge in [0.1, 0.15) is 0 Å². The van der Waals surface area contributed by atoms with Gasteiger partial charge in [0.05, 0.1) is 0 Å². The molecule has 0 saturated carbocycles. The number of benzene rings is 2. The standard InChI is InChI=1S/C41H58S2/c1-9-31(6)19-22-35-25-26-36-27-28-37-40(38(36)29-35)43-39(41(37)42-8)18-14-17-33(10-2)23-24-34(11-3)21-20-32(7)16-13-12-15-30(4)5/h10-11,14,17,23-32H,9,12-13,15-16,18-22H2,1-8H3/b17-14-,24-23-,33-10+,34-11-. The van der Waals surface area contributed by atoms with Crippen molar-refractivity contribution in [2.75, 3.05) is 6.26 Å². The molecule has 3 rings (SSSR count). The topological polar surface area (TPSA) is 0 Å². The van der Waals surface area contributed by atoms with Crippen molar-refractivity contribution >= 4 is 44.0 Å². The summed E-state index contributed by atoms with van der Waals surface area (Å²) in [6.45, 7) is 16.1. The lowest BCUT2D eigenvalue weighted by molar-refractivity contribution is 0.442. The van der Waals surface area contributed by atoms with Crippen LogP contribution >= 0.6 is 23.1 Å². The molecule has 3 aromatic rings. The van der Waals surface area contributed by atoms with Crippen molar-refractivity contribution in [3.8, 4) is 0 Å². The summed E-state index contributed by atoms with van der Waals surface area (Å²) in [5.74, 6) is 2.42. The van der Waals surface area contributed by atoms with Crippen molar-refractivity contribution in [2.24, 2.45) is 17.8 Å². The fraction of sp³-hybridized carbons (Fsp3) is 0.512. The molecule has 2 unspecified atom stereocenters. The number of fused-ring (bicyclic) bond motifs is 3. The summed E-state index contributed by atoms with van der Waals surface area (Å²) >= 11 is 3.89. The largest absolute Gasteiger partial charge is 0.138 e. The van der Waals surface area contributed by atoms with Gasteiger partial charge < -0.3 is 0 Å². The second kappa shape index (κ2) is 18.7. The van der Waals surface area contributed by atoms with Crippen LogP contribution in [0.3, 0.4) is 0 Å². The molecule has 0 amide bonds. The molecule has 0 nitrogen and oxygen atoms in total. The molecule has 2 aromatic carbocycles. The van der Waals surface area contributed by atoms with E-state index in [1.54, 1.807) is 0 Å². The molecule has 2 atom stereocenters. The minimum atomic E-state index is 0.786. The van der Waals surface area contributed by atoms with Gasteiger partial charge in [0.25, 0.3) is 0 Å². The molecule has 0 saturated heterocycles. The predicted octanol–water partition coefficient (Wildman–Crippen LogP) is 13.9. The average molecular weight is 615 g/mol. The molecular weight excluding hydrogens is 557 g/mol. The Labute approximate surface area is 272 Å². The summed E-state index contributed by atoms with van der Waals surface area (Å²) < 4.78 is 1.45. The van der Waals surface area contributed by atoms with E-state index in [4.69, 9.17) is 0 Å². The Balaban J connectivity index is 1.65. The van der Waals surface area contributed by atoms with Crippen LogP contribution < -0.4 is 0 Å².